The summed E-state index contributed by atoms with van der Waals surface area (Å²) in [6.07, 6.45) is 0. The predicted octanol–water partition coefficient (Wildman–Crippen LogP) is 7.29. The lowest BCUT2D eigenvalue weighted by atomic mass is 10.0. The van der Waals surface area contributed by atoms with Gasteiger partial charge in [-0.1, -0.05) is 78.9 Å². The molecule has 150 valence electrons. The second-order valence-electron chi connectivity index (χ2n) is 7.38. The van der Waals surface area contributed by atoms with E-state index in [0.717, 1.165) is 44.6 Å². The Labute approximate surface area is 180 Å². The average Bonchev–Trinajstić information content (AvgIpc) is 2.84. The van der Waals surface area contributed by atoms with Gasteiger partial charge in [-0.3, -0.25) is 0 Å². The molecule has 5 aromatic rings. The van der Waals surface area contributed by atoms with Crippen LogP contribution in [0.4, 0.5) is 4.39 Å². The van der Waals surface area contributed by atoms with E-state index in [2.05, 4.69) is 6.07 Å². The molecular formula is C28H20FNO. The molecule has 0 N–H and O–H groups in total. The van der Waals surface area contributed by atoms with Gasteiger partial charge < -0.3 is 4.74 Å². The zero-order chi connectivity index (χ0) is 21.0. The predicted molar refractivity (Wildman–Crippen MR) is 123 cm³/mol. The van der Waals surface area contributed by atoms with Crippen molar-refractivity contribution in [3.63, 3.8) is 0 Å². The summed E-state index contributed by atoms with van der Waals surface area (Å²) in [5.41, 5.74) is 5.80. The van der Waals surface area contributed by atoms with E-state index in [4.69, 9.17) is 9.72 Å². The third kappa shape index (κ3) is 4.17. The van der Waals surface area contributed by atoms with E-state index in [0.29, 0.717) is 6.61 Å². The van der Waals surface area contributed by atoms with Gasteiger partial charge in [-0.2, -0.15) is 0 Å². The zero-order valence-corrected chi connectivity index (χ0v) is 16.8. The molecule has 1 aromatic heterocycles. The molecule has 0 radical (unpaired) electrons. The Kier molecular flexibility index (Phi) is 5.16. The van der Waals surface area contributed by atoms with Crippen molar-refractivity contribution in [3.8, 4) is 28.1 Å². The fraction of sp³-hybridized carbons (Fsp3) is 0.0357. The van der Waals surface area contributed by atoms with E-state index >= 15 is 0 Å². The number of hydrogen-bond donors (Lipinski definition) is 0. The number of hydrogen-bond acceptors (Lipinski definition) is 2. The van der Waals surface area contributed by atoms with Crippen molar-refractivity contribution in [2.45, 2.75) is 6.61 Å². The molecule has 0 saturated carbocycles. The SMILES string of the molecule is Fc1ccc(-c2ccc3nc(-c4ccccc4)cc(OCc4ccccc4)c3c2)cc1. The fourth-order valence-corrected chi connectivity index (χ4v) is 3.63. The number of rotatable bonds is 5. The standard InChI is InChI=1S/C28H20FNO/c29-24-14-11-21(12-15-24)23-13-16-26-25(17-23)28(31-19-20-7-3-1-4-8-20)18-27(30-26)22-9-5-2-6-10-22/h1-18H,19H2. The third-order valence-electron chi connectivity index (χ3n) is 5.26. The van der Waals surface area contributed by atoms with Crippen LogP contribution in [0.3, 0.4) is 0 Å². The lowest BCUT2D eigenvalue weighted by molar-refractivity contribution is 0.310. The first-order valence-electron chi connectivity index (χ1n) is 10.2. The highest BCUT2D eigenvalue weighted by Crippen LogP contribution is 2.33. The summed E-state index contributed by atoms with van der Waals surface area (Å²) in [5.74, 6) is 0.530. The molecule has 0 atom stereocenters. The second kappa shape index (κ2) is 8.41. The van der Waals surface area contributed by atoms with Crippen LogP contribution in [0.25, 0.3) is 33.3 Å². The lowest BCUT2D eigenvalue weighted by Gasteiger charge is -2.13. The van der Waals surface area contributed by atoms with E-state index in [9.17, 15) is 4.39 Å². The van der Waals surface area contributed by atoms with Crippen LogP contribution in [0.2, 0.25) is 0 Å². The van der Waals surface area contributed by atoms with Gasteiger partial charge in [0.25, 0.3) is 0 Å². The van der Waals surface area contributed by atoms with E-state index in [1.807, 2.05) is 78.9 Å². The molecule has 0 saturated heterocycles. The van der Waals surface area contributed by atoms with E-state index in [-0.39, 0.29) is 5.82 Å². The number of aromatic nitrogens is 1. The maximum atomic E-state index is 13.4. The van der Waals surface area contributed by atoms with Crippen LogP contribution in [0, 0.1) is 5.82 Å². The first-order valence-corrected chi connectivity index (χ1v) is 10.2. The molecule has 0 unspecified atom stereocenters. The molecule has 0 aliphatic rings. The van der Waals surface area contributed by atoms with Gasteiger partial charge in [0, 0.05) is 17.0 Å². The maximum absolute atomic E-state index is 13.4. The van der Waals surface area contributed by atoms with E-state index in [1.165, 1.54) is 12.1 Å². The molecule has 0 aliphatic carbocycles. The number of pyridine rings is 1. The molecule has 3 heteroatoms. The van der Waals surface area contributed by atoms with Gasteiger partial charge in [-0.25, -0.2) is 9.37 Å². The Morgan fingerprint density at radius 1 is 0.645 bits per heavy atom. The van der Waals surface area contributed by atoms with Gasteiger partial charge in [0.2, 0.25) is 0 Å². The van der Waals surface area contributed by atoms with Crippen LogP contribution in [-0.4, -0.2) is 4.98 Å². The summed E-state index contributed by atoms with van der Waals surface area (Å²) in [4.78, 5) is 4.87. The molecule has 0 amide bonds. The van der Waals surface area contributed by atoms with Crippen LogP contribution in [0.15, 0.2) is 109 Å². The summed E-state index contributed by atoms with van der Waals surface area (Å²) < 4.78 is 19.6. The van der Waals surface area contributed by atoms with Crippen molar-refractivity contribution in [3.05, 3.63) is 121 Å². The van der Waals surface area contributed by atoms with Gasteiger partial charge in [0.1, 0.15) is 18.2 Å². The highest BCUT2D eigenvalue weighted by atomic mass is 19.1. The summed E-state index contributed by atoms with van der Waals surface area (Å²) >= 11 is 0. The second-order valence-corrected chi connectivity index (χ2v) is 7.38. The monoisotopic (exact) mass is 405 g/mol. The number of fused-ring (bicyclic) bond motifs is 1. The summed E-state index contributed by atoms with van der Waals surface area (Å²) in [6.45, 7) is 0.467. The van der Waals surface area contributed by atoms with Crippen LogP contribution in [-0.2, 0) is 6.61 Å². The Morgan fingerprint density at radius 3 is 2.06 bits per heavy atom. The largest absolute Gasteiger partial charge is 0.488 e. The molecule has 1 heterocycles. The highest BCUT2D eigenvalue weighted by Gasteiger charge is 2.11. The van der Waals surface area contributed by atoms with Gasteiger partial charge in [0.05, 0.1) is 11.2 Å². The summed E-state index contributed by atoms with van der Waals surface area (Å²) in [6, 6.07) is 34.8. The van der Waals surface area contributed by atoms with Crippen molar-refractivity contribution in [2.24, 2.45) is 0 Å². The zero-order valence-electron chi connectivity index (χ0n) is 16.8. The number of nitrogens with zero attached hydrogens (tertiary/aromatic N) is 1. The highest BCUT2D eigenvalue weighted by molar-refractivity contribution is 5.91. The Balaban J connectivity index is 1.61. The van der Waals surface area contributed by atoms with E-state index < -0.39 is 0 Å². The first kappa shape index (κ1) is 19.0. The number of halogens is 1. The quantitative estimate of drug-likeness (QED) is 0.306. The molecule has 31 heavy (non-hydrogen) atoms. The van der Waals surface area contributed by atoms with Crippen molar-refractivity contribution in [2.75, 3.05) is 0 Å². The van der Waals surface area contributed by atoms with E-state index in [1.54, 1.807) is 12.1 Å². The van der Waals surface area contributed by atoms with Gasteiger partial charge in [0.15, 0.2) is 0 Å². The van der Waals surface area contributed by atoms with Gasteiger partial charge >= 0.3 is 0 Å². The normalized spacial score (nSPS) is 10.9. The van der Waals surface area contributed by atoms with Crippen molar-refractivity contribution >= 4 is 10.9 Å². The molecule has 2 nitrogen and oxygen atoms in total. The maximum Gasteiger partial charge on any atom is 0.131 e. The van der Waals surface area contributed by atoms with Crippen molar-refractivity contribution in [1.29, 1.82) is 0 Å². The minimum absolute atomic E-state index is 0.245. The minimum atomic E-state index is -0.245. The Bertz CT molecular complexity index is 1320. The molecule has 0 fully saturated rings. The Hall–Kier alpha value is -3.98. The lowest BCUT2D eigenvalue weighted by Crippen LogP contribution is -1.98. The molecule has 0 aliphatic heterocycles. The topological polar surface area (TPSA) is 22.1 Å². The molecule has 5 rings (SSSR count). The van der Waals surface area contributed by atoms with Crippen molar-refractivity contribution < 1.29 is 9.13 Å². The fourth-order valence-electron chi connectivity index (χ4n) is 3.63. The summed E-state index contributed by atoms with van der Waals surface area (Å²) in [5, 5.41) is 0.928. The average molecular weight is 405 g/mol. The Morgan fingerprint density at radius 2 is 1.32 bits per heavy atom. The van der Waals surface area contributed by atoms with Crippen LogP contribution in [0.1, 0.15) is 5.56 Å². The van der Waals surface area contributed by atoms with Gasteiger partial charge in [-0.05, 0) is 41.0 Å². The number of ether oxygens (including phenoxy) is 1. The summed E-state index contributed by atoms with van der Waals surface area (Å²) in [7, 11) is 0. The van der Waals surface area contributed by atoms with Crippen LogP contribution < -0.4 is 4.74 Å². The van der Waals surface area contributed by atoms with Gasteiger partial charge in [-0.15, -0.1) is 0 Å². The molecule has 4 aromatic carbocycles. The molecule has 0 bridgehead atoms. The third-order valence-corrected chi connectivity index (χ3v) is 5.26. The smallest absolute Gasteiger partial charge is 0.131 e. The first-order chi connectivity index (χ1) is 15.3. The van der Waals surface area contributed by atoms with Crippen molar-refractivity contribution in [1.82, 2.24) is 4.98 Å². The van der Waals surface area contributed by atoms with Crippen LogP contribution in [0.5, 0.6) is 5.75 Å². The molecule has 0 spiro atoms. The van der Waals surface area contributed by atoms with Crippen LogP contribution >= 0.6 is 0 Å². The minimum Gasteiger partial charge on any atom is -0.488 e. The molecular weight excluding hydrogens is 385 g/mol. The number of benzene rings is 4.